The maximum absolute atomic E-state index is 13.3. The molecule has 0 unspecified atom stereocenters. The highest BCUT2D eigenvalue weighted by atomic mass is 19.1. The summed E-state index contributed by atoms with van der Waals surface area (Å²) in [4.78, 5) is 12.5. The van der Waals surface area contributed by atoms with Crippen molar-refractivity contribution in [1.29, 1.82) is 0 Å². The Bertz CT molecular complexity index is 950. The third kappa shape index (κ3) is 3.65. The SMILES string of the molecule is O=C(Nc1cnn(Cc2cccc(F)c2)c1)c1ccc2c(c1)CCNC2. The van der Waals surface area contributed by atoms with Crippen molar-refractivity contribution in [3.05, 3.63) is 82.9 Å². The number of carbonyl (C=O) groups excluding carboxylic acids is 1. The molecule has 26 heavy (non-hydrogen) atoms. The number of aromatic nitrogens is 2. The molecule has 2 N–H and O–H groups in total. The van der Waals surface area contributed by atoms with E-state index in [-0.39, 0.29) is 11.7 Å². The Labute approximate surface area is 150 Å². The van der Waals surface area contributed by atoms with Gasteiger partial charge in [-0.05, 0) is 53.9 Å². The predicted molar refractivity (Wildman–Crippen MR) is 97.5 cm³/mol. The topological polar surface area (TPSA) is 59.0 Å². The number of nitrogens with one attached hydrogen (secondary N) is 2. The third-order valence-corrected chi connectivity index (χ3v) is 4.48. The first-order chi connectivity index (χ1) is 12.7. The molecular formula is C20H19FN4O. The van der Waals surface area contributed by atoms with Gasteiger partial charge in [-0.1, -0.05) is 18.2 Å². The summed E-state index contributed by atoms with van der Waals surface area (Å²) < 4.78 is 14.9. The van der Waals surface area contributed by atoms with Gasteiger partial charge < -0.3 is 10.6 Å². The second-order valence-electron chi connectivity index (χ2n) is 6.42. The fourth-order valence-corrected chi connectivity index (χ4v) is 3.16. The van der Waals surface area contributed by atoms with Gasteiger partial charge in [0, 0.05) is 18.3 Å². The molecule has 0 bridgehead atoms. The Morgan fingerprint density at radius 1 is 1.23 bits per heavy atom. The zero-order valence-electron chi connectivity index (χ0n) is 14.2. The van der Waals surface area contributed by atoms with Gasteiger partial charge in [0.1, 0.15) is 5.82 Å². The van der Waals surface area contributed by atoms with E-state index in [4.69, 9.17) is 0 Å². The highest BCUT2D eigenvalue weighted by molar-refractivity contribution is 6.04. The molecule has 0 radical (unpaired) electrons. The maximum atomic E-state index is 13.3. The van der Waals surface area contributed by atoms with Crippen LogP contribution in [0.3, 0.4) is 0 Å². The van der Waals surface area contributed by atoms with E-state index < -0.39 is 0 Å². The number of fused-ring (bicyclic) bond motifs is 1. The zero-order valence-corrected chi connectivity index (χ0v) is 14.2. The highest BCUT2D eigenvalue weighted by Gasteiger charge is 2.13. The first kappa shape index (κ1) is 16.5. The number of carbonyl (C=O) groups is 1. The Morgan fingerprint density at radius 3 is 3.04 bits per heavy atom. The molecule has 132 valence electrons. The molecule has 1 aliphatic heterocycles. The molecule has 2 heterocycles. The van der Waals surface area contributed by atoms with Crippen LogP contribution in [-0.2, 0) is 19.5 Å². The van der Waals surface area contributed by atoms with Crippen LogP contribution in [0.15, 0.2) is 54.9 Å². The first-order valence-corrected chi connectivity index (χ1v) is 8.58. The fourth-order valence-electron chi connectivity index (χ4n) is 3.16. The van der Waals surface area contributed by atoms with Crippen molar-refractivity contribution in [3.8, 4) is 0 Å². The second kappa shape index (κ2) is 7.09. The Balaban J connectivity index is 1.44. The molecule has 5 nitrogen and oxygen atoms in total. The van der Waals surface area contributed by atoms with Crippen LogP contribution >= 0.6 is 0 Å². The van der Waals surface area contributed by atoms with Gasteiger partial charge in [0.25, 0.3) is 5.91 Å². The van der Waals surface area contributed by atoms with Crippen molar-refractivity contribution in [1.82, 2.24) is 15.1 Å². The van der Waals surface area contributed by atoms with E-state index in [0.717, 1.165) is 25.1 Å². The van der Waals surface area contributed by atoms with Crippen molar-refractivity contribution < 1.29 is 9.18 Å². The number of hydrogen-bond donors (Lipinski definition) is 2. The van der Waals surface area contributed by atoms with Gasteiger partial charge in [-0.2, -0.15) is 5.10 Å². The van der Waals surface area contributed by atoms with Gasteiger partial charge in [-0.3, -0.25) is 9.48 Å². The summed E-state index contributed by atoms with van der Waals surface area (Å²) in [5.74, 6) is -0.428. The third-order valence-electron chi connectivity index (χ3n) is 4.48. The van der Waals surface area contributed by atoms with Crippen LogP contribution in [-0.4, -0.2) is 22.2 Å². The van der Waals surface area contributed by atoms with Gasteiger partial charge in [0.2, 0.25) is 0 Å². The van der Waals surface area contributed by atoms with Gasteiger partial charge in [-0.25, -0.2) is 4.39 Å². The number of nitrogens with zero attached hydrogens (tertiary/aromatic N) is 2. The zero-order chi connectivity index (χ0) is 17.9. The molecule has 0 fully saturated rings. The summed E-state index contributed by atoms with van der Waals surface area (Å²) in [6, 6.07) is 12.2. The molecule has 2 aromatic carbocycles. The lowest BCUT2D eigenvalue weighted by atomic mass is 9.98. The molecule has 0 aliphatic carbocycles. The molecule has 3 aromatic rings. The van der Waals surface area contributed by atoms with Crippen LogP contribution in [0.25, 0.3) is 0 Å². The molecule has 0 saturated carbocycles. The van der Waals surface area contributed by atoms with Crippen LogP contribution < -0.4 is 10.6 Å². The summed E-state index contributed by atoms with van der Waals surface area (Å²) in [6.07, 6.45) is 4.27. The number of halogens is 1. The van der Waals surface area contributed by atoms with E-state index in [1.54, 1.807) is 23.1 Å². The largest absolute Gasteiger partial charge is 0.319 e. The predicted octanol–water partition coefficient (Wildman–Crippen LogP) is 2.97. The monoisotopic (exact) mass is 350 g/mol. The molecule has 6 heteroatoms. The van der Waals surface area contributed by atoms with Crippen molar-refractivity contribution in [2.45, 2.75) is 19.5 Å². The van der Waals surface area contributed by atoms with E-state index in [1.165, 1.54) is 23.3 Å². The van der Waals surface area contributed by atoms with Crippen LogP contribution in [0.5, 0.6) is 0 Å². The van der Waals surface area contributed by atoms with E-state index in [0.29, 0.717) is 17.8 Å². The quantitative estimate of drug-likeness (QED) is 0.761. The lowest BCUT2D eigenvalue weighted by Gasteiger charge is -2.17. The van der Waals surface area contributed by atoms with Gasteiger partial charge in [0.15, 0.2) is 0 Å². The molecule has 1 aliphatic rings. The average molecular weight is 350 g/mol. The van der Waals surface area contributed by atoms with Gasteiger partial charge >= 0.3 is 0 Å². The molecule has 1 aromatic heterocycles. The summed E-state index contributed by atoms with van der Waals surface area (Å²) >= 11 is 0. The lowest BCUT2D eigenvalue weighted by molar-refractivity contribution is 0.102. The number of anilines is 1. The number of amides is 1. The van der Waals surface area contributed by atoms with Crippen LogP contribution in [0.2, 0.25) is 0 Å². The van der Waals surface area contributed by atoms with Gasteiger partial charge in [-0.15, -0.1) is 0 Å². The molecule has 0 atom stereocenters. The minimum Gasteiger partial charge on any atom is -0.319 e. The minimum atomic E-state index is -0.272. The van der Waals surface area contributed by atoms with Crippen molar-refractivity contribution in [2.75, 3.05) is 11.9 Å². The Hall–Kier alpha value is -2.99. The summed E-state index contributed by atoms with van der Waals surface area (Å²) in [7, 11) is 0. The highest BCUT2D eigenvalue weighted by Crippen LogP contribution is 2.17. The molecule has 1 amide bonds. The Kier molecular flexibility index (Phi) is 4.50. The summed E-state index contributed by atoms with van der Waals surface area (Å²) in [6.45, 7) is 2.23. The minimum absolute atomic E-state index is 0.156. The molecule has 0 saturated heterocycles. The van der Waals surface area contributed by atoms with E-state index >= 15 is 0 Å². The number of hydrogen-bond acceptors (Lipinski definition) is 3. The van der Waals surface area contributed by atoms with E-state index in [2.05, 4.69) is 15.7 Å². The first-order valence-electron chi connectivity index (χ1n) is 8.58. The second-order valence-corrected chi connectivity index (χ2v) is 6.42. The van der Waals surface area contributed by atoms with Crippen LogP contribution in [0.1, 0.15) is 27.0 Å². The van der Waals surface area contributed by atoms with Crippen molar-refractivity contribution in [3.63, 3.8) is 0 Å². The van der Waals surface area contributed by atoms with Crippen LogP contribution in [0.4, 0.5) is 10.1 Å². The van der Waals surface area contributed by atoms with Crippen LogP contribution in [0, 0.1) is 5.82 Å². The molecular weight excluding hydrogens is 331 g/mol. The Morgan fingerprint density at radius 2 is 2.15 bits per heavy atom. The average Bonchev–Trinajstić information content (AvgIpc) is 3.08. The van der Waals surface area contributed by atoms with Crippen molar-refractivity contribution >= 4 is 11.6 Å². The van der Waals surface area contributed by atoms with E-state index in [1.807, 2.05) is 24.3 Å². The normalized spacial score (nSPS) is 13.3. The van der Waals surface area contributed by atoms with E-state index in [9.17, 15) is 9.18 Å². The standard InChI is InChI=1S/C20H19FN4O/c21-18-3-1-2-14(8-18)12-25-13-19(11-23-25)24-20(26)16-4-5-17-10-22-7-6-15(17)9-16/h1-5,8-9,11,13,22H,6-7,10,12H2,(H,24,26). The summed E-state index contributed by atoms with van der Waals surface area (Å²) in [5.41, 5.74) is 4.54. The fraction of sp³-hybridized carbons (Fsp3) is 0.200. The maximum Gasteiger partial charge on any atom is 0.255 e. The lowest BCUT2D eigenvalue weighted by Crippen LogP contribution is -2.24. The van der Waals surface area contributed by atoms with Crippen molar-refractivity contribution in [2.24, 2.45) is 0 Å². The molecule has 4 rings (SSSR count). The smallest absolute Gasteiger partial charge is 0.255 e. The number of benzene rings is 2. The number of rotatable bonds is 4. The summed E-state index contributed by atoms with van der Waals surface area (Å²) in [5, 5.41) is 10.4. The van der Waals surface area contributed by atoms with Gasteiger partial charge in [0.05, 0.1) is 18.4 Å². The molecule has 0 spiro atoms.